The first-order valence-corrected chi connectivity index (χ1v) is 11.4. The first kappa shape index (κ1) is 18.8. The lowest BCUT2D eigenvalue weighted by atomic mass is 9.97. The van der Waals surface area contributed by atoms with Crippen molar-refractivity contribution >= 4 is 28.4 Å². The van der Waals surface area contributed by atoms with Crippen LogP contribution in [0.3, 0.4) is 0 Å². The first-order valence-electron chi connectivity index (χ1n) is 11.4. The van der Waals surface area contributed by atoms with Crippen LogP contribution in [0.4, 0.5) is 11.4 Å². The predicted octanol–water partition coefficient (Wildman–Crippen LogP) is 3.86. The number of carbonyl (C=O) groups excluding carboxylic acids is 1. The summed E-state index contributed by atoms with van der Waals surface area (Å²) in [5.41, 5.74) is 6.74. The second kappa shape index (κ2) is 7.34. The maximum Gasteiger partial charge on any atom is 0.168 e. The van der Waals surface area contributed by atoms with Crippen LogP contribution in [0.1, 0.15) is 40.2 Å². The molecule has 3 aromatic rings. The minimum Gasteiger partial charge on any atom is -0.368 e. The van der Waals surface area contributed by atoms with Crippen molar-refractivity contribution in [3.8, 4) is 0 Å². The fourth-order valence-corrected chi connectivity index (χ4v) is 5.85. The van der Waals surface area contributed by atoms with Crippen LogP contribution >= 0.6 is 0 Å². The molecule has 0 amide bonds. The number of nitrogens with zero attached hydrogens (tertiary/aromatic N) is 3. The predicted molar refractivity (Wildman–Crippen MR) is 125 cm³/mol. The van der Waals surface area contributed by atoms with Gasteiger partial charge in [-0.25, -0.2) is 4.98 Å². The van der Waals surface area contributed by atoms with E-state index in [-0.39, 0.29) is 0 Å². The Hall–Kier alpha value is -2.92. The smallest absolute Gasteiger partial charge is 0.168 e. The van der Waals surface area contributed by atoms with Crippen LogP contribution in [0.5, 0.6) is 0 Å². The number of pyridine rings is 1. The number of nitrogens with one attached hydrogen (secondary N) is 1. The van der Waals surface area contributed by atoms with Crippen molar-refractivity contribution in [1.29, 1.82) is 0 Å². The summed E-state index contributed by atoms with van der Waals surface area (Å²) in [6.07, 6.45) is 4.37. The minimum absolute atomic E-state index is 0.551. The molecule has 3 aliphatic heterocycles. The van der Waals surface area contributed by atoms with Gasteiger partial charge in [0, 0.05) is 54.0 Å². The number of hydrogen-bond donors (Lipinski definition) is 1. The molecule has 0 spiro atoms. The zero-order valence-electron chi connectivity index (χ0n) is 18.0. The Labute approximate surface area is 183 Å². The summed E-state index contributed by atoms with van der Waals surface area (Å²) in [5.74, 6) is 0. The van der Waals surface area contributed by atoms with Gasteiger partial charge < -0.3 is 15.1 Å². The highest BCUT2D eigenvalue weighted by molar-refractivity contribution is 5.97. The van der Waals surface area contributed by atoms with E-state index in [1.807, 2.05) is 6.07 Å². The fraction of sp³-hybridized carbons (Fsp3) is 0.385. The summed E-state index contributed by atoms with van der Waals surface area (Å²) in [6.45, 7) is 5.95. The maximum atomic E-state index is 11.7. The Morgan fingerprint density at radius 3 is 2.58 bits per heavy atom. The third-order valence-corrected chi connectivity index (χ3v) is 7.29. The lowest BCUT2D eigenvalue weighted by molar-refractivity contribution is 0.111. The number of aryl methyl sites for hydroxylation is 1. The number of carbonyl (C=O) groups is 1. The largest absolute Gasteiger partial charge is 0.368 e. The van der Waals surface area contributed by atoms with E-state index < -0.39 is 0 Å². The average molecular weight is 413 g/mol. The Morgan fingerprint density at radius 2 is 1.81 bits per heavy atom. The van der Waals surface area contributed by atoms with E-state index in [0.29, 0.717) is 17.8 Å². The molecule has 5 heteroatoms. The molecule has 2 atom stereocenters. The van der Waals surface area contributed by atoms with Crippen LogP contribution in [-0.4, -0.2) is 43.0 Å². The zero-order chi connectivity index (χ0) is 20.9. The van der Waals surface area contributed by atoms with Crippen LogP contribution in [0.2, 0.25) is 0 Å². The Bertz CT molecular complexity index is 1160. The van der Waals surface area contributed by atoms with Crippen molar-refractivity contribution in [1.82, 2.24) is 10.3 Å². The van der Waals surface area contributed by atoms with Gasteiger partial charge in [0.1, 0.15) is 5.69 Å². The molecule has 2 aromatic carbocycles. The molecule has 6 rings (SSSR count). The summed E-state index contributed by atoms with van der Waals surface area (Å²) in [4.78, 5) is 21.4. The van der Waals surface area contributed by atoms with Gasteiger partial charge in [-0.05, 0) is 49.3 Å². The van der Waals surface area contributed by atoms with Crippen LogP contribution in [0.15, 0.2) is 42.5 Å². The van der Waals surface area contributed by atoms with E-state index in [1.54, 1.807) is 0 Å². The van der Waals surface area contributed by atoms with Crippen molar-refractivity contribution < 1.29 is 4.79 Å². The van der Waals surface area contributed by atoms with Crippen molar-refractivity contribution in [2.24, 2.45) is 0 Å². The number of rotatable bonds is 3. The maximum absolute atomic E-state index is 11.7. The summed E-state index contributed by atoms with van der Waals surface area (Å²) in [5, 5.41) is 6.31. The van der Waals surface area contributed by atoms with Gasteiger partial charge in [0.15, 0.2) is 6.29 Å². The van der Waals surface area contributed by atoms with Gasteiger partial charge in [0.05, 0.1) is 12.2 Å². The third-order valence-electron chi connectivity index (χ3n) is 7.29. The quantitative estimate of drug-likeness (QED) is 0.662. The second-order valence-electron chi connectivity index (χ2n) is 9.27. The molecule has 4 heterocycles. The van der Waals surface area contributed by atoms with Crippen LogP contribution in [0, 0.1) is 6.92 Å². The topological polar surface area (TPSA) is 48.5 Å². The van der Waals surface area contributed by atoms with Gasteiger partial charge in [-0.1, -0.05) is 30.3 Å². The monoisotopic (exact) mass is 412 g/mol. The van der Waals surface area contributed by atoms with Gasteiger partial charge in [0.2, 0.25) is 0 Å². The highest BCUT2D eigenvalue weighted by Gasteiger charge is 2.34. The van der Waals surface area contributed by atoms with Gasteiger partial charge in [0.25, 0.3) is 0 Å². The summed E-state index contributed by atoms with van der Waals surface area (Å²) in [6, 6.07) is 16.2. The van der Waals surface area contributed by atoms with Crippen molar-refractivity contribution in [2.45, 2.75) is 44.8 Å². The van der Waals surface area contributed by atoms with Crippen LogP contribution in [0.25, 0.3) is 10.8 Å². The lowest BCUT2D eigenvalue weighted by Crippen LogP contribution is -2.51. The molecule has 158 valence electrons. The Balaban J connectivity index is 1.39. The number of aldehydes is 1. The highest BCUT2D eigenvalue weighted by Crippen LogP contribution is 2.36. The van der Waals surface area contributed by atoms with Gasteiger partial charge >= 0.3 is 0 Å². The summed E-state index contributed by atoms with van der Waals surface area (Å²) in [7, 11) is 0. The third kappa shape index (κ3) is 3.19. The lowest BCUT2D eigenvalue weighted by Gasteiger charge is -2.38. The average Bonchev–Trinajstić information content (AvgIpc) is 3.15. The molecular formula is C26H28N4O. The molecule has 2 bridgehead atoms. The molecule has 2 saturated heterocycles. The number of fused-ring (bicyclic) bond motifs is 4. The van der Waals surface area contributed by atoms with Crippen molar-refractivity contribution in [3.63, 3.8) is 0 Å². The molecule has 5 nitrogen and oxygen atoms in total. The summed E-state index contributed by atoms with van der Waals surface area (Å²) < 4.78 is 0. The SMILES string of the molecule is Cc1cccc2cccc(N3CCc4c(N5CC6CCC(C5)N6)cc(C=O)nc4C3)c12. The Kier molecular flexibility index (Phi) is 4.46. The van der Waals surface area contributed by atoms with Gasteiger partial charge in [-0.15, -0.1) is 0 Å². The number of benzene rings is 2. The van der Waals surface area contributed by atoms with E-state index in [0.717, 1.165) is 44.6 Å². The van der Waals surface area contributed by atoms with Gasteiger partial charge in [-0.2, -0.15) is 0 Å². The van der Waals surface area contributed by atoms with Gasteiger partial charge in [-0.3, -0.25) is 4.79 Å². The van der Waals surface area contributed by atoms with E-state index in [1.165, 1.54) is 46.1 Å². The minimum atomic E-state index is 0.551. The number of anilines is 2. The molecule has 0 aliphatic carbocycles. The molecule has 0 radical (unpaired) electrons. The molecular weight excluding hydrogens is 384 g/mol. The standard InChI is InChI=1S/C26H28N4O/c1-17-4-2-5-18-6-3-7-24(26(17)18)29-11-10-22-23(15-29)28-21(16-31)12-25(22)30-13-19-8-9-20(14-30)27-19/h2-7,12,16,19-20,27H,8-11,13-15H2,1H3. The molecule has 3 aliphatic rings. The van der Waals surface area contributed by atoms with E-state index in [2.05, 4.69) is 58.4 Å². The first-order chi connectivity index (χ1) is 15.2. The number of hydrogen-bond acceptors (Lipinski definition) is 5. The molecule has 1 aromatic heterocycles. The molecule has 0 saturated carbocycles. The molecule has 2 fully saturated rings. The fourth-order valence-electron chi connectivity index (χ4n) is 5.85. The second-order valence-corrected chi connectivity index (χ2v) is 9.27. The van der Waals surface area contributed by atoms with Crippen LogP contribution in [-0.2, 0) is 13.0 Å². The van der Waals surface area contributed by atoms with Crippen molar-refractivity contribution in [2.75, 3.05) is 29.4 Å². The zero-order valence-corrected chi connectivity index (χ0v) is 18.0. The van der Waals surface area contributed by atoms with Crippen LogP contribution < -0.4 is 15.1 Å². The van der Waals surface area contributed by atoms with Crippen molar-refractivity contribution in [3.05, 3.63) is 65.0 Å². The number of aromatic nitrogens is 1. The van der Waals surface area contributed by atoms with E-state index in [9.17, 15) is 4.79 Å². The molecule has 31 heavy (non-hydrogen) atoms. The van der Waals surface area contributed by atoms with E-state index >= 15 is 0 Å². The summed E-state index contributed by atoms with van der Waals surface area (Å²) >= 11 is 0. The molecule has 1 N–H and O–H groups in total. The Morgan fingerprint density at radius 1 is 1.03 bits per heavy atom. The highest BCUT2D eigenvalue weighted by atomic mass is 16.1. The normalized spacial score (nSPS) is 22.6. The number of piperazine rings is 1. The molecule has 2 unspecified atom stereocenters. The van der Waals surface area contributed by atoms with E-state index in [4.69, 9.17) is 4.98 Å².